The van der Waals surface area contributed by atoms with E-state index in [0.29, 0.717) is 28.0 Å². The number of azide groups is 1. The van der Waals surface area contributed by atoms with E-state index in [1.165, 1.54) is 0 Å². The van der Waals surface area contributed by atoms with Gasteiger partial charge < -0.3 is 9.15 Å². The van der Waals surface area contributed by atoms with Crippen molar-refractivity contribution >= 4 is 11.0 Å². The maximum Gasteiger partial charge on any atom is 0.196 e. The van der Waals surface area contributed by atoms with Crippen molar-refractivity contribution in [2.75, 3.05) is 13.2 Å². The van der Waals surface area contributed by atoms with Crippen LogP contribution in [-0.4, -0.2) is 13.2 Å². The van der Waals surface area contributed by atoms with Crippen LogP contribution in [-0.2, 0) is 0 Å². The van der Waals surface area contributed by atoms with E-state index in [9.17, 15) is 4.79 Å². The third-order valence-corrected chi connectivity index (χ3v) is 3.66. The lowest BCUT2D eigenvalue weighted by Gasteiger charge is -2.11. The predicted octanol–water partition coefficient (Wildman–Crippen LogP) is 4.46. The van der Waals surface area contributed by atoms with Crippen LogP contribution >= 0.6 is 0 Å². The topological polar surface area (TPSA) is 88.2 Å². The molecule has 0 atom stereocenters. The Labute approximate surface area is 137 Å². The number of benzene rings is 2. The van der Waals surface area contributed by atoms with Crippen molar-refractivity contribution in [3.63, 3.8) is 0 Å². The highest BCUT2D eigenvalue weighted by atomic mass is 16.5. The Morgan fingerprint density at radius 1 is 1.17 bits per heavy atom. The van der Waals surface area contributed by atoms with Gasteiger partial charge in [0.2, 0.25) is 0 Å². The first-order valence-electron chi connectivity index (χ1n) is 7.48. The fourth-order valence-electron chi connectivity index (χ4n) is 2.50. The summed E-state index contributed by atoms with van der Waals surface area (Å²) in [6.07, 6.45) is 0. The highest BCUT2D eigenvalue weighted by molar-refractivity contribution is 5.85. The first-order chi connectivity index (χ1) is 11.7. The molecule has 0 radical (unpaired) electrons. The molecule has 0 bridgehead atoms. The van der Waals surface area contributed by atoms with Crippen LogP contribution < -0.4 is 10.2 Å². The van der Waals surface area contributed by atoms with Crippen molar-refractivity contribution in [2.24, 2.45) is 5.11 Å². The second kappa shape index (κ2) is 6.89. The minimum absolute atomic E-state index is 0.0874. The predicted molar refractivity (Wildman–Crippen MR) is 92.2 cm³/mol. The van der Waals surface area contributed by atoms with Crippen molar-refractivity contribution < 1.29 is 9.15 Å². The van der Waals surface area contributed by atoms with E-state index >= 15 is 0 Å². The molecule has 6 heteroatoms. The SMILES string of the molecule is Cc1c(-c2ccccc2)oc2c(OCCN=[N+]=[N-])cccc2c1=O. The largest absolute Gasteiger partial charge is 0.490 e. The van der Waals surface area contributed by atoms with Gasteiger partial charge in [0, 0.05) is 16.0 Å². The average Bonchev–Trinajstić information content (AvgIpc) is 2.62. The van der Waals surface area contributed by atoms with E-state index < -0.39 is 0 Å². The molecule has 0 saturated heterocycles. The maximum atomic E-state index is 12.7. The van der Waals surface area contributed by atoms with Gasteiger partial charge in [-0.15, -0.1) is 0 Å². The Morgan fingerprint density at radius 2 is 1.96 bits per heavy atom. The van der Waals surface area contributed by atoms with Gasteiger partial charge in [-0.1, -0.05) is 41.5 Å². The fourth-order valence-corrected chi connectivity index (χ4v) is 2.50. The molecule has 0 unspecified atom stereocenters. The van der Waals surface area contributed by atoms with Gasteiger partial charge >= 0.3 is 0 Å². The lowest BCUT2D eigenvalue weighted by Crippen LogP contribution is -2.08. The highest BCUT2D eigenvalue weighted by Crippen LogP contribution is 2.30. The summed E-state index contributed by atoms with van der Waals surface area (Å²) in [5, 5.41) is 3.89. The zero-order chi connectivity index (χ0) is 16.9. The highest BCUT2D eigenvalue weighted by Gasteiger charge is 2.15. The van der Waals surface area contributed by atoms with Gasteiger partial charge in [-0.2, -0.15) is 0 Å². The van der Waals surface area contributed by atoms with Gasteiger partial charge in [0.1, 0.15) is 5.76 Å². The molecule has 3 aromatic rings. The van der Waals surface area contributed by atoms with Gasteiger partial charge in [-0.3, -0.25) is 4.79 Å². The molecule has 0 saturated carbocycles. The quantitative estimate of drug-likeness (QED) is 0.301. The zero-order valence-electron chi connectivity index (χ0n) is 13.1. The van der Waals surface area contributed by atoms with Gasteiger partial charge in [0.05, 0.1) is 18.5 Å². The van der Waals surface area contributed by atoms with Crippen molar-refractivity contribution in [1.82, 2.24) is 0 Å². The number of fused-ring (bicyclic) bond motifs is 1. The van der Waals surface area contributed by atoms with Crippen LogP contribution in [0.2, 0.25) is 0 Å². The Kier molecular flexibility index (Phi) is 4.50. The van der Waals surface area contributed by atoms with E-state index in [1.807, 2.05) is 30.3 Å². The number of nitrogens with zero attached hydrogens (tertiary/aromatic N) is 3. The van der Waals surface area contributed by atoms with E-state index in [4.69, 9.17) is 14.7 Å². The Bertz CT molecular complexity index is 974. The molecular formula is C18H15N3O3. The summed E-state index contributed by atoms with van der Waals surface area (Å²) >= 11 is 0. The summed E-state index contributed by atoms with van der Waals surface area (Å²) in [6, 6.07) is 14.6. The number of ether oxygens (including phenoxy) is 1. The van der Waals surface area contributed by atoms with Crippen LogP contribution in [0, 0.1) is 6.92 Å². The molecule has 1 aromatic heterocycles. The molecule has 1 heterocycles. The van der Waals surface area contributed by atoms with Crippen LogP contribution in [0.15, 0.2) is 62.9 Å². The standard InChI is InChI=1S/C18H15N3O3/c1-12-16(22)14-8-5-9-15(23-11-10-20-21-19)18(14)24-17(12)13-6-3-2-4-7-13/h2-9H,10-11H2,1H3. The van der Waals surface area contributed by atoms with Crippen LogP contribution in [0.25, 0.3) is 32.7 Å². The minimum Gasteiger partial charge on any atom is -0.490 e. The summed E-state index contributed by atoms with van der Waals surface area (Å²) < 4.78 is 11.6. The summed E-state index contributed by atoms with van der Waals surface area (Å²) in [5.41, 5.74) is 10.0. The van der Waals surface area contributed by atoms with Gasteiger partial charge in [-0.05, 0) is 24.6 Å². The van der Waals surface area contributed by atoms with Crippen LogP contribution in [0.1, 0.15) is 5.56 Å². The second-order valence-corrected chi connectivity index (χ2v) is 5.19. The average molecular weight is 321 g/mol. The molecule has 0 aliphatic heterocycles. The zero-order valence-corrected chi connectivity index (χ0v) is 13.1. The van der Waals surface area contributed by atoms with Crippen LogP contribution in [0.3, 0.4) is 0 Å². The smallest absolute Gasteiger partial charge is 0.196 e. The first-order valence-corrected chi connectivity index (χ1v) is 7.48. The number of para-hydroxylation sites is 1. The Hall–Kier alpha value is -3.24. The summed E-state index contributed by atoms with van der Waals surface area (Å²) in [6.45, 7) is 2.17. The third kappa shape index (κ3) is 2.95. The van der Waals surface area contributed by atoms with E-state index in [-0.39, 0.29) is 18.6 Å². The molecule has 0 spiro atoms. The molecule has 0 N–H and O–H groups in total. The fraction of sp³-hybridized carbons (Fsp3) is 0.167. The van der Waals surface area contributed by atoms with E-state index in [0.717, 1.165) is 5.56 Å². The molecule has 0 aliphatic carbocycles. The lowest BCUT2D eigenvalue weighted by atomic mass is 10.1. The molecule has 2 aromatic carbocycles. The van der Waals surface area contributed by atoms with Crippen molar-refractivity contribution in [3.05, 3.63) is 74.8 Å². The molecule has 3 rings (SSSR count). The van der Waals surface area contributed by atoms with E-state index in [2.05, 4.69) is 10.0 Å². The normalized spacial score (nSPS) is 10.4. The van der Waals surface area contributed by atoms with Crippen LogP contribution in [0.4, 0.5) is 0 Å². The molecular weight excluding hydrogens is 306 g/mol. The summed E-state index contributed by atoms with van der Waals surface area (Å²) in [5.74, 6) is 0.981. The number of rotatable bonds is 5. The molecule has 0 amide bonds. The van der Waals surface area contributed by atoms with E-state index in [1.54, 1.807) is 25.1 Å². The molecule has 6 nitrogen and oxygen atoms in total. The lowest BCUT2D eigenvalue weighted by molar-refractivity contribution is 0.326. The van der Waals surface area contributed by atoms with Gasteiger partial charge in [0.25, 0.3) is 0 Å². The minimum atomic E-state index is -0.0874. The third-order valence-electron chi connectivity index (χ3n) is 3.66. The molecule has 24 heavy (non-hydrogen) atoms. The van der Waals surface area contributed by atoms with Crippen LogP contribution in [0.5, 0.6) is 5.75 Å². The molecule has 120 valence electrons. The monoisotopic (exact) mass is 321 g/mol. The van der Waals surface area contributed by atoms with Gasteiger partial charge in [-0.25, -0.2) is 0 Å². The number of hydrogen-bond donors (Lipinski definition) is 0. The molecule has 0 fully saturated rings. The summed E-state index contributed by atoms with van der Waals surface area (Å²) in [4.78, 5) is 15.3. The van der Waals surface area contributed by atoms with Crippen molar-refractivity contribution in [2.45, 2.75) is 6.92 Å². The maximum absolute atomic E-state index is 12.7. The van der Waals surface area contributed by atoms with Crippen molar-refractivity contribution in [3.8, 4) is 17.1 Å². The second-order valence-electron chi connectivity index (χ2n) is 5.19. The summed E-state index contributed by atoms with van der Waals surface area (Å²) in [7, 11) is 0. The number of hydrogen-bond acceptors (Lipinski definition) is 4. The van der Waals surface area contributed by atoms with Crippen molar-refractivity contribution in [1.29, 1.82) is 0 Å². The molecule has 0 aliphatic rings. The Balaban J connectivity index is 2.13. The Morgan fingerprint density at radius 3 is 2.71 bits per heavy atom. The van der Waals surface area contributed by atoms with Gasteiger partial charge in [0.15, 0.2) is 16.8 Å². The first kappa shape index (κ1) is 15.6.